The van der Waals surface area contributed by atoms with Crippen molar-refractivity contribution < 1.29 is 14.7 Å². The number of carbonyl (C=O) groups excluding carboxylic acids is 2. The van der Waals surface area contributed by atoms with Crippen LogP contribution in [0.2, 0.25) is 0 Å². The van der Waals surface area contributed by atoms with Gasteiger partial charge in [-0.25, -0.2) is 4.98 Å². The minimum atomic E-state index is -0.732. The van der Waals surface area contributed by atoms with Gasteiger partial charge in [-0.3, -0.25) is 14.6 Å². The van der Waals surface area contributed by atoms with Gasteiger partial charge in [-0.2, -0.15) is 0 Å². The molecule has 1 N–H and O–H groups in total. The summed E-state index contributed by atoms with van der Waals surface area (Å²) in [4.78, 5) is 37.8. The maximum atomic E-state index is 13.8. The molecule has 0 bridgehead atoms. The first-order chi connectivity index (χ1) is 16.5. The Morgan fingerprint density at radius 3 is 2.35 bits per heavy atom. The Labute approximate surface area is 200 Å². The average molecular weight is 468 g/mol. The molecule has 5 rings (SSSR count). The topological polar surface area (TPSA) is 83.4 Å². The summed E-state index contributed by atoms with van der Waals surface area (Å²) in [6.45, 7) is 1.94. The summed E-state index contributed by atoms with van der Waals surface area (Å²) < 4.78 is 0. The van der Waals surface area contributed by atoms with Gasteiger partial charge < -0.3 is 10.0 Å². The van der Waals surface area contributed by atoms with E-state index in [1.54, 1.807) is 19.2 Å². The second-order valence-electron chi connectivity index (χ2n) is 7.96. The summed E-state index contributed by atoms with van der Waals surface area (Å²) in [6.07, 6.45) is 1.65. The lowest BCUT2D eigenvalue weighted by Gasteiger charge is -2.26. The predicted octanol–water partition coefficient (Wildman–Crippen LogP) is 5.29. The number of hydrogen-bond donors (Lipinski definition) is 1. The number of benzene rings is 2. The van der Waals surface area contributed by atoms with Crippen molar-refractivity contribution in [2.24, 2.45) is 0 Å². The maximum Gasteiger partial charge on any atom is 0.290 e. The van der Waals surface area contributed by atoms with Gasteiger partial charge in [0.2, 0.25) is 5.78 Å². The molecule has 1 unspecified atom stereocenters. The minimum absolute atomic E-state index is 0.0680. The second kappa shape index (κ2) is 9.03. The van der Waals surface area contributed by atoms with Crippen LogP contribution in [0.3, 0.4) is 0 Å². The fourth-order valence-electron chi connectivity index (χ4n) is 4.13. The Bertz CT molecular complexity index is 1380. The highest BCUT2D eigenvalue weighted by Gasteiger charge is 2.44. The number of ketones is 1. The maximum absolute atomic E-state index is 13.8. The normalized spacial score (nSPS) is 15.7. The molecule has 1 aliphatic heterocycles. The van der Waals surface area contributed by atoms with Gasteiger partial charge in [0.1, 0.15) is 5.01 Å². The molecule has 7 heteroatoms. The van der Waals surface area contributed by atoms with Crippen molar-refractivity contribution in [2.45, 2.75) is 19.5 Å². The van der Waals surface area contributed by atoms with Crippen molar-refractivity contribution >= 4 is 23.0 Å². The largest absolute Gasteiger partial charge is 0.503 e. The lowest BCUT2D eigenvalue weighted by molar-refractivity contribution is -0.130. The van der Waals surface area contributed by atoms with Crippen molar-refractivity contribution in [3.63, 3.8) is 0 Å². The Balaban J connectivity index is 1.57. The summed E-state index contributed by atoms with van der Waals surface area (Å²) >= 11 is 1.27. The lowest BCUT2D eigenvalue weighted by Crippen LogP contribution is -2.31. The second-order valence-corrected chi connectivity index (χ2v) is 8.96. The number of aromatic nitrogens is 2. The first kappa shape index (κ1) is 21.7. The molecule has 1 aliphatic rings. The third-order valence-electron chi connectivity index (χ3n) is 5.75. The van der Waals surface area contributed by atoms with Crippen molar-refractivity contribution in [1.82, 2.24) is 14.9 Å². The molecule has 2 aromatic carbocycles. The van der Waals surface area contributed by atoms with E-state index in [1.807, 2.05) is 72.8 Å². The molecule has 0 saturated carbocycles. The van der Waals surface area contributed by atoms with Crippen LogP contribution in [-0.4, -0.2) is 31.7 Å². The van der Waals surface area contributed by atoms with E-state index in [4.69, 9.17) is 0 Å². The van der Waals surface area contributed by atoms with E-state index in [-0.39, 0.29) is 17.9 Å². The highest BCUT2D eigenvalue weighted by molar-refractivity contribution is 7.17. The van der Waals surface area contributed by atoms with E-state index in [2.05, 4.69) is 9.97 Å². The van der Waals surface area contributed by atoms with Gasteiger partial charge in [-0.15, -0.1) is 11.3 Å². The van der Waals surface area contributed by atoms with Crippen molar-refractivity contribution in [2.75, 3.05) is 0 Å². The van der Waals surface area contributed by atoms with Gasteiger partial charge in [-0.05, 0) is 24.6 Å². The zero-order valence-electron chi connectivity index (χ0n) is 18.4. The number of aryl methyl sites for hydroxylation is 1. The van der Waals surface area contributed by atoms with E-state index in [0.717, 1.165) is 11.1 Å². The highest BCUT2D eigenvalue weighted by atomic mass is 32.1. The molecule has 0 spiro atoms. The van der Waals surface area contributed by atoms with Gasteiger partial charge in [0.25, 0.3) is 5.91 Å². The van der Waals surface area contributed by atoms with Crippen LogP contribution in [0.4, 0.5) is 0 Å². The van der Waals surface area contributed by atoms with Crippen LogP contribution in [0.1, 0.15) is 32.7 Å². The molecule has 0 aliphatic carbocycles. The van der Waals surface area contributed by atoms with E-state index in [9.17, 15) is 14.7 Å². The summed E-state index contributed by atoms with van der Waals surface area (Å²) in [7, 11) is 0. The highest BCUT2D eigenvalue weighted by Crippen LogP contribution is 2.41. The van der Waals surface area contributed by atoms with Gasteiger partial charge in [0, 0.05) is 11.8 Å². The zero-order valence-corrected chi connectivity index (χ0v) is 19.2. The fourth-order valence-corrected chi connectivity index (χ4v) is 5.16. The van der Waals surface area contributed by atoms with Crippen LogP contribution >= 0.6 is 11.3 Å². The SMILES string of the molecule is Cc1nc(-c2ccccc2)sc1C(=O)C1=C(O)C(=O)N(Cc2ccccn2)C1c1ccccc1. The van der Waals surface area contributed by atoms with E-state index in [1.165, 1.54) is 16.2 Å². The summed E-state index contributed by atoms with van der Waals surface area (Å²) in [5.74, 6) is -1.50. The van der Waals surface area contributed by atoms with Crippen molar-refractivity contribution in [3.8, 4) is 10.6 Å². The Morgan fingerprint density at radius 2 is 1.68 bits per heavy atom. The molecular formula is C27H21N3O3S. The Hall–Kier alpha value is -4.10. The first-order valence-corrected chi connectivity index (χ1v) is 11.6. The van der Waals surface area contributed by atoms with Crippen LogP contribution in [0.5, 0.6) is 0 Å². The molecule has 1 atom stereocenters. The van der Waals surface area contributed by atoms with Crippen molar-refractivity contribution in [3.05, 3.63) is 118 Å². The number of rotatable bonds is 6. The molecule has 168 valence electrons. The number of thiazole rings is 1. The third-order valence-corrected chi connectivity index (χ3v) is 6.95. The third kappa shape index (κ3) is 3.91. The molecular weight excluding hydrogens is 446 g/mol. The van der Waals surface area contributed by atoms with Gasteiger partial charge in [0.05, 0.1) is 34.4 Å². The quantitative estimate of drug-likeness (QED) is 0.390. The molecule has 1 amide bonds. The molecule has 4 aromatic rings. The standard InChI is InChI=1S/C27H21N3O3S/c1-17-25(34-26(29-17)19-12-6-3-7-13-19)23(31)21-22(18-10-4-2-5-11-18)30(27(33)24(21)32)16-20-14-8-9-15-28-20/h2-15,22,32H,16H2,1H3. The number of aliphatic hydroxyl groups is 1. The number of carbonyl (C=O) groups is 2. The molecule has 0 fully saturated rings. The van der Waals surface area contributed by atoms with E-state index >= 15 is 0 Å². The number of pyridine rings is 1. The summed E-state index contributed by atoms with van der Waals surface area (Å²) in [5, 5.41) is 11.6. The number of aliphatic hydroxyl groups excluding tert-OH is 1. The molecule has 0 saturated heterocycles. The Morgan fingerprint density at radius 1 is 1.00 bits per heavy atom. The van der Waals surface area contributed by atoms with Crippen LogP contribution in [0.15, 0.2) is 96.4 Å². The average Bonchev–Trinajstić information content (AvgIpc) is 3.38. The fraction of sp³-hybridized carbons (Fsp3) is 0.111. The lowest BCUT2D eigenvalue weighted by atomic mass is 9.95. The summed E-state index contributed by atoms with van der Waals surface area (Å²) in [5.41, 5.74) is 2.95. The van der Waals surface area contributed by atoms with Crippen molar-refractivity contribution in [1.29, 1.82) is 0 Å². The predicted molar refractivity (Wildman–Crippen MR) is 130 cm³/mol. The number of nitrogens with zero attached hydrogens (tertiary/aromatic N) is 3. The molecule has 2 aromatic heterocycles. The summed E-state index contributed by atoms with van der Waals surface area (Å²) in [6, 6.07) is 23.6. The van der Waals surface area contributed by atoms with Gasteiger partial charge in [0.15, 0.2) is 5.76 Å². The number of amides is 1. The molecule has 0 radical (unpaired) electrons. The molecule has 6 nitrogen and oxygen atoms in total. The molecule has 3 heterocycles. The van der Waals surface area contributed by atoms with Crippen LogP contribution in [0.25, 0.3) is 10.6 Å². The van der Waals surface area contributed by atoms with Crippen LogP contribution < -0.4 is 0 Å². The first-order valence-electron chi connectivity index (χ1n) is 10.8. The minimum Gasteiger partial charge on any atom is -0.503 e. The smallest absolute Gasteiger partial charge is 0.290 e. The number of Topliss-reactive ketones (excluding diaryl/α,β-unsaturated/α-hetero) is 1. The van der Waals surface area contributed by atoms with Crippen LogP contribution in [0, 0.1) is 6.92 Å². The van der Waals surface area contributed by atoms with E-state index < -0.39 is 17.7 Å². The number of hydrogen-bond acceptors (Lipinski definition) is 6. The zero-order chi connectivity index (χ0) is 23.7. The van der Waals surface area contributed by atoms with Gasteiger partial charge >= 0.3 is 0 Å². The van der Waals surface area contributed by atoms with Gasteiger partial charge in [-0.1, -0.05) is 66.7 Å². The van der Waals surface area contributed by atoms with Crippen LogP contribution in [-0.2, 0) is 11.3 Å². The Kier molecular flexibility index (Phi) is 5.77. The molecule has 34 heavy (non-hydrogen) atoms. The van der Waals surface area contributed by atoms with E-state index in [0.29, 0.717) is 21.3 Å². The monoisotopic (exact) mass is 467 g/mol.